The number of nitrogens with zero attached hydrogens (tertiary/aromatic N) is 2. The van der Waals surface area contributed by atoms with Crippen molar-refractivity contribution in [2.24, 2.45) is 0 Å². The van der Waals surface area contributed by atoms with Gasteiger partial charge in [-0.2, -0.15) is 0 Å². The van der Waals surface area contributed by atoms with Crippen LogP contribution in [0.2, 0.25) is 0 Å². The van der Waals surface area contributed by atoms with E-state index in [-0.39, 0.29) is 5.78 Å². The van der Waals surface area contributed by atoms with Crippen LogP contribution < -0.4 is 5.32 Å². The summed E-state index contributed by atoms with van der Waals surface area (Å²) in [6, 6.07) is 19.4. The van der Waals surface area contributed by atoms with E-state index in [1.54, 1.807) is 0 Å². The summed E-state index contributed by atoms with van der Waals surface area (Å²) in [6.07, 6.45) is 0. The molecular weight excluding hydrogens is 326 g/mol. The summed E-state index contributed by atoms with van der Waals surface area (Å²) in [5.74, 6) is 0.474. The Morgan fingerprint density at radius 2 is 1.70 bits per heavy atom. The van der Waals surface area contributed by atoms with E-state index >= 15 is 0 Å². The highest BCUT2D eigenvalue weighted by molar-refractivity contribution is 8.01. The van der Waals surface area contributed by atoms with Crippen LogP contribution in [-0.4, -0.2) is 21.7 Å². The molecule has 116 valence electrons. The van der Waals surface area contributed by atoms with Gasteiger partial charge < -0.3 is 5.32 Å². The highest BCUT2D eigenvalue weighted by Crippen LogP contribution is 2.26. The van der Waals surface area contributed by atoms with Gasteiger partial charge in [-0.3, -0.25) is 4.79 Å². The van der Waals surface area contributed by atoms with Crippen molar-refractivity contribution < 1.29 is 4.79 Å². The van der Waals surface area contributed by atoms with Gasteiger partial charge in [0.15, 0.2) is 10.1 Å². The van der Waals surface area contributed by atoms with Gasteiger partial charge in [0.1, 0.15) is 0 Å². The summed E-state index contributed by atoms with van der Waals surface area (Å²) >= 11 is 2.89. The summed E-state index contributed by atoms with van der Waals surface area (Å²) in [5, 5.41) is 12.2. The van der Waals surface area contributed by atoms with E-state index in [2.05, 4.69) is 27.6 Å². The molecule has 0 aliphatic heterocycles. The van der Waals surface area contributed by atoms with Crippen molar-refractivity contribution in [1.29, 1.82) is 0 Å². The highest BCUT2D eigenvalue weighted by Gasteiger charge is 2.09. The third kappa shape index (κ3) is 4.64. The molecule has 1 heterocycles. The maximum Gasteiger partial charge on any atom is 0.206 e. The Bertz CT molecular complexity index is 760. The normalized spacial score (nSPS) is 10.4. The second-order valence-corrected chi connectivity index (χ2v) is 6.99. The lowest BCUT2D eigenvalue weighted by Crippen LogP contribution is -2.01. The van der Waals surface area contributed by atoms with Gasteiger partial charge in [0.25, 0.3) is 0 Å². The smallest absolute Gasteiger partial charge is 0.206 e. The third-order valence-electron chi connectivity index (χ3n) is 3.12. The average Bonchev–Trinajstić information content (AvgIpc) is 3.07. The molecular formula is C17H15N3OS2. The Hall–Kier alpha value is -2.18. The van der Waals surface area contributed by atoms with Gasteiger partial charge in [-0.05, 0) is 5.56 Å². The molecule has 0 amide bonds. The van der Waals surface area contributed by atoms with E-state index in [0.717, 1.165) is 15.0 Å². The maximum absolute atomic E-state index is 12.1. The summed E-state index contributed by atoms with van der Waals surface area (Å²) in [7, 11) is 0. The van der Waals surface area contributed by atoms with Gasteiger partial charge >= 0.3 is 0 Å². The third-order valence-corrected chi connectivity index (χ3v) is 5.13. The molecule has 3 rings (SSSR count). The van der Waals surface area contributed by atoms with Crippen LogP contribution in [0.25, 0.3) is 0 Å². The predicted molar refractivity (Wildman–Crippen MR) is 95.2 cm³/mol. The van der Waals surface area contributed by atoms with E-state index in [1.165, 1.54) is 28.7 Å². The minimum Gasteiger partial charge on any atom is -0.356 e. The molecule has 0 saturated heterocycles. The number of ketones is 1. The standard InChI is InChI=1S/C17H15N3OS2/c21-15(14-9-5-2-6-10-14)12-22-17-20-19-16(23-17)18-11-13-7-3-1-4-8-13/h1-10H,11-12H2,(H,18,19). The topological polar surface area (TPSA) is 54.9 Å². The zero-order chi connectivity index (χ0) is 15.9. The second-order valence-electron chi connectivity index (χ2n) is 4.79. The number of carbonyl (C=O) groups is 1. The Kier molecular flexibility index (Phi) is 5.39. The predicted octanol–water partition coefficient (Wildman–Crippen LogP) is 4.13. The van der Waals surface area contributed by atoms with E-state index in [9.17, 15) is 4.79 Å². The molecule has 0 bridgehead atoms. The number of thioether (sulfide) groups is 1. The molecule has 1 N–H and O–H groups in total. The molecule has 3 aromatic rings. The SMILES string of the molecule is O=C(CSc1nnc(NCc2ccccc2)s1)c1ccccc1. The molecule has 0 radical (unpaired) electrons. The molecule has 2 aromatic carbocycles. The van der Waals surface area contributed by atoms with Crippen LogP contribution in [0, 0.1) is 0 Å². The lowest BCUT2D eigenvalue weighted by molar-refractivity contribution is 0.102. The number of Topliss-reactive ketones (excluding diaryl/α,β-unsaturated/α-hetero) is 1. The van der Waals surface area contributed by atoms with Gasteiger partial charge in [0.05, 0.1) is 5.75 Å². The molecule has 4 nitrogen and oxygen atoms in total. The van der Waals surface area contributed by atoms with Crippen molar-refractivity contribution >= 4 is 34.0 Å². The molecule has 1 aromatic heterocycles. The summed E-state index contributed by atoms with van der Waals surface area (Å²) in [4.78, 5) is 12.1. The van der Waals surface area contributed by atoms with Crippen molar-refractivity contribution in [3.63, 3.8) is 0 Å². The fourth-order valence-electron chi connectivity index (χ4n) is 1.95. The largest absolute Gasteiger partial charge is 0.356 e. The number of aromatic nitrogens is 2. The fourth-order valence-corrected chi connectivity index (χ4v) is 3.59. The number of benzene rings is 2. The fraction of sp³-hybridized carbons (Fsp3) is 0.118. The lowest BCUT2D eigenvalue weighted by atomic mass is 10.2. The first-order valence-electron chi connectivity index (χ1n) is 7.13. The van der Waals surface area contributed by atoms with Crippen LogP contribution in [-0.2, 0) is 6.54 Å². The molecule has 0 spiro atoms. The van der Waals surface area contributed by atoms with E-state index in [0.29, 0.717) is 12.3 Å². The van der Waals surface area contributed by atoms with Gasteiger partial charge in [-0.25, -0.2) is 0 Å². The van der Waals surface area contributed by atoms with Crippen molar-refractivity contribution in [1.82, 2.24) is 10.2 Å². The Morgan fingerprint density at radius 1 is 1.00 bits per heavy atom. The van der Waals surface area contributed by atoms with E-state index in [4.69, 9.17) is 0 Å². The number of hydrogen-bond donors (Lipinski definition) is 1. The molecule has 0 aliphatic carbocycles. The average molecular weight is 341 g/mol. The van der Waals surface area contributed by atoms with Crippen molar-refractivity contribution in [2.75, 3.05) is 11.1 Å². The van der Waals surface area contributed by atoms with Crippen LogP contribution >= 0.6 is 23.1 Å². The van der Waals surface area contributed by atoms with Gasteiger partial charge in [0, 0.05) is 12.1 Å². The molecule has 6 heteroatoms. The number of anilines is 1. The van der Waals surface area contributed by atoms with Crippen molar-refractivity contribution in [3.05, 3.63) is 71.8 Å². The van der Waals surface area contributed by atoms with E-state index in [1.807, 2.05) is 48.5 Å². The van der Waals surface area contributed by atoms with Crippen LogP contribution in [0.1, 0.15) is 15.9 Å². The molecule has 23 heavy (non-hydrogen) atoms. The van der Waals surface area contributed by atoms with Crippen LogP contribution in [0.5, 0.6) is 0 Å². The summed E-state index contributed by atoms with van der Waals surface area (Å²) in [5.41, 5.74) is 1.92. The van der Waals surface area contributed by atoms with Gasteiger partial charge in [-0.15, -0.1) is 10.2 Å². The zero-order valence-electron chi connectivity index (χ0n) is 12.3. The monoisotopic (exact) mass is 341 g/mol. The summed E-state index contributed by atoms with van der Waals surface area (Å²) in [6.45, 7) is 0.711. The first-order valence-corrected chi connectivity index (χ1v) is 8.94. The van der Waals surface area contributed by atoms with E-state index < -0.39 is 0 Å². The van der Waals surface area contributed by atoms with Crippen LogP contribution in [0.15, 0.2) is 65.0 Å². The minimum atomic E-state index is 0.101. The van der Waals surface area contributed by atoms with Gasteiger partial charge in [-0.1, -0.05) is 83.8 Å². The number of carbonyl (C=O) groups excluding carboxylic acids is 1. The second kappa shape index (κ2) is 7.89. The Balaban J connectivity index is 1.50. The lowest BCUT2D eigenvalue weighted by Gasteiger charge is -2.01. The molecule has 0 fully saturated rings. The van der Waals surface area contributed by atoms with Crippen LogP contribution in [0.4, 0.5) is 5.13 Å². The molecule has 0 aliphatic rings. The first-order chi connectivity index (χ1) is 11.3. The summed E-state index contributed by atoms with van der Waals surface area (Å²) < 4.78 is 0.796. The number of rotatable bonds is 7. The number of hydrogen-bond acceptors (Lipinski definition) is 6. The Morgan fingerprint density at radius 3 is 2.43 bits per heavy atom. The minimum absolute atomic E-state index is 0.101. The van der Waals surface area contributed by atoms with Crippen LogP contribution in [0.3, 0.4) is 0 Å². The van der Waals surface area contributed by atoms with Crippen molar-refractivity contribution in [2.45, 2.75) is 10.9 Å². The maximum atomic E-state index is 12.1. The molecule has 0 atom stereocenters. The molecule has 0 unspecified atom stereocenters. The van der Waals surface area contributed by atoms with Gasteiger partial charge in [0.2, 0.25) is 5.13 Å². The zero-order valence-corrected chi connectivity index (χ0v) is 13.9. The molecule has 0 saturated carbocycles. The quantitative estimate of drug-likeness (QED) is 0.517. The first kappa shape index (κ1) is 15.7. The highest BCUT2D eigenvalue weighted by atomic mass is 32.2. The Labute approximate surface area is 143 Å². The number of nitrogens with one attached hydrogen (secondary N) is 1. The van der Waals surface area contributed by atoms with Crippen molar-refractivity contribution in [3.8, 4) is 0 Å².